The van der Waals surface area contributed by atoms with Crippen LogP contribution in [0.5, 0.6) is 0 Å². The van der Waals surface area contributed by atoms with Gasteiger partial charge in [-0.25, -0.2) is 19.4 Å². The molecule has 0 saturated heterocycles. The second-order valence-corrected chi connectivity index (χ2v) is 16.8. The number of rotatable bonds is 14. The van der Waals surface area contributed by atoms with Crippen molar-refractivity contribution in [3.8, 4) is 10.6 Å². The Hall–Kier alpha value is -5.23. The first-order chi connectivity index (χ1) is 26.7. The van der Waals surface area contributed by atoms with Gasteiger partial charge in [-0.1, -0.05) is 6.92 Å². The number of halogens is 3. The number of hydrogen-bond donors (Lipinski definition) is 6. The van der Waals surface area contributed by atoms with Crippen LogP contribution in [0.3, 0.4) is 0 Å². The second kappa shape index (κ2) is 19.3. The maximum atomic E-state index is 14.0. The summed E-state index contributed by atoms with van der Waals surface area (Å²) in [7, 11) is 0. The van der Waals surface area contributed by atoms with Crippen LogP contribution < -0.4 is 31.9 Å². The van der Waals surface area contributed by atoms with E-state index >= 15 is 0 Å². The molecule has 1 aromatic heterocycles. The van der Waals surface area contributed by atoms with Crippen LogP contribution in [0, 0.1) is 0 Å². The van der Waals surface area contributed by atoms with E-state index in [0.29, 0.717) is 30.7 Å². The Morgan fingerprint density at radius 2 is 1.35 bits per heavy atom. The molecular weight excluding hydrogens is 784 g/mol. The molecule has 13 nitrogen and oxygen atoms in total. The summed E-state index contributed by atoms with van der Waals surface area (Å²) >= 11 is 2.44. The van der Waals surface area contributed by atoms with Crippen LogP contribution in [0.1, 0.15) is 66.9 Å². The van der Waals surface area contributed by atoms with Crippen molar-refractivity contribution in [2.24, 2.45) is 0 Å². The van der Waals surface area contributed by atoms with Gasteiger partial charge in [-0.3, -0.25) is 4.79 Å². The van der Waals surface area contributed by atoms with E-state index in [1.807, 2.05) is 24.3 Å². The molecule has 6 N–H and O–H groups in total. The van der Waals surface area contributed by atoms with Crippen molar-refractivity contribution in [1.29, 1.82) is 0 Å². The highest BCUT2D eigenvalue weighted by Crippen LogP contribution is 2.41. The first kappa shape index (κ1) is 44.5. The number of hydrogen-bond acceptors (Lipinski definition) is 10. The Morgan fingerprint density at radius 3 is 1.95 bits per heavy atom. The second-order valence-electron chi connectivity index (χ2n) is 14.6. The average molecular weight is 832 g/mol. The number of ether oxygens (including phenoxy) is 2. The third-order valence-electron chi connectivity index (χ3n) is 7.41. The van der Waals surface area contributed by atoms with Crippen molar-refractivity contribution in [3.05, 3.63) is 60.2 Å². The molecule has 4 aromatic rings. The third kappa shape index (κ3) is 14.7. The number of anilines is 4. The Balaban J connectivity index is 1.43. The smallest absolute Gasteiger partial charge is 0.416 e. The zero-order valence-electron chi connectivity index (χ0n) is 32.8. The lowest BCUT2D eigenvalue weighted by Crippen LogP contribution is -2.33. The number of fused-ring (bicyclic) bond motifs is 1. The first-order valence-corrected chi connectivity index (χ1v) is 19.9. The maximum absolute atomic E-state index is 14.0. The molecule has 308 valence electrons. The summed E-state index contributed by atoms with van der Waals surface area (Å²) in [4.78, 5) is 54.5. The zero-order chi connectivity index (χ0) is 42.0. The number of benzene rings is 3. The number of carbonyl (C=O) groups excluding carboxylic acids is 4. The molecule has 3 aromatic carbocycles. The van der Waals surface area contributed by atoms with Gasteiger partial charge in [-0.2, -0.15) is 13.2 Å². The van der Waals surface area contributed by atoms with Gasteiger partial charge in [0, 0.05) is 48.7 Å². The zero-order valence-corrected chi connectivity index (χ0v) is 34.4. The fourth-order valence-corrected chi connectivity index (χ4v) is 6.91. The van der Waals surface area contributed by atoms with Crippen LogP contribution in [0.4, 0.5) is 50.3 Å². The fourth-order valence-electron chi connectivity index (χ4n) is 4.96. The maximum Gasteiger partial charge on any atom is 0.416 e. The molecule has 0 saturated carbocycles. The number of thioether (sulfide) groups is 1. The summed E-state index contributed by atoms with van der Waals surface area (Å²) < 4.78 is 53.3. The van der Waals surface area contributed by atoms with Crippen molar-refractivity contribution < 1.29 is 41.8 Å². The molecule has 0 aliphatic carbocycles. The van der Waals surface area contributed by atoms with Crippen molar-refractivity contribution >= 4 is 80.2 Å². The summed E-state index contributed by atoms with van der Waals surface area (Å²) in [5, 5.41) is 17.1. The van der Waals surface area contributed by atoms with E-state index in [9.17, 15) is 32.3 Å². The highest BCUT2D eigenvalue weighted by atomic mass is 32.2. The number of alkyl carbamates (subject to hydrolysis) is 2. The van der Waals surface area contributed by atoms with Crippen molar-refractivity contribution in [2.45, 2.75) is 83.6 Å². The minimum Gasteiger partial charge on any atom is -0.444 e. The Labute approximate surface area is 337 Å². The van der Waals surface area contributed by atoms with Crippen LogP contribution in [0.25, 0.3) is 20.8 Å². The largest absolute Gasteiger partial charge is 0.444 e. The normalized spacial score (nSPS) is 11.8. The lowest BCUT2D eigenvalue weighted by Gasteiger charge is -2.20. The number of amides is 5. The van der Waals surface area contributed by atoms with Crippen molar-refractivity contribution in [2.75, 3.05) is 46.7 Å². The van der Waals surface area contributed by atoms with Crippen LogP contribution in [0.2, 0.25) is 0 Å². The minimum absolute atomic E-state index is 0.00604. The molecule has 0 radical (unpaired) electrons. The first-order valence-electron chi connectivity index (χ1n) is 18.1. The number of nitrogens with zero attached hydrogens (tertiary/aromatic N) is 1. The molecule has 0 bridgehead atoms. The molecule has 0 aliphatic heterocycles. The Kier molecular flexibility index (Phi) is 15.0. The van der Waals surface area contributed by atoms with Gasteiger partial charge < -0.3 is 41.4 Å². The van der Waals surface area contributed by atoms with Gasteiger partial charge in [0.1, 0.15) is 16.2 Å². The summed E-state index contributed by atoms with van der Waals surface area (Å²) in [6.45, 7) is 13.3. The van der Waals surface area contributed by atoms with Crippen LogP contribution in [-0.2, 0) is 20.4 Å². The van der Waals surface area contributed by atoms with Gasteiger partial charge >= 0.3 is 24.4 Å². The summed E-state index contributed by atoms with van der Waals surface area (Å²) in [5.74, 6) is -0.348. The van der Waals surface area contributed by atoms with E-state index in [4.69, 9.17) is 14.5 Å². The monoisotopic (exact) mass is 831 g/mol. The van der Waals surface area contributed by atoms with E-state index in [2.05, 4.69) is 31.9 Å². The number of alkyl halides is 3. The SMILES string of the molecule is CCC(=O)Nc1cc(C(F)(F)F)cc(NC(=O)Nc2ccc3nc(-c4ccc(NCCCNC(=O)OC(C)(C)C)cc4)sc3c2)c1SCCNC(=O)OC(C)(C)C. The third-order valence-corrected chi connectivity index (χ3v) is 9.61. The molecule has 57 heavy (non-hydrogen) atoms. The molecule has 0 spiro atoms. The predicted octanol–water partition coefficient (Wildman–Crippen LogP) is 9.92. The number of urea groups is 1. The van der Waals surface area contributed by atoms with E-state index in [1.165, 1.54) is 11.3 Å². The lowest BCUT2D eigenvalue weighted by atomic mass is 10.1. The quantitative estimate of drug-likeness (QED) is 0.0535. The van der Waals surface area contributed by atoms with Crippen LogP contribution in [0.15, 0.2) is 59.5 Å². The number of aromatic nitrogens is 1. The van der Waals surface area contributed by atoms with E-state index in [0.717, 1.165) is 44.9 Å². The molecule has 0 fully saturated rings. The lowest BCUT2D eigenvalue weighted by molar-refractivity contribution is -0.137. The molecule has 5 amide bonds. The minimum atomic E-state index is -4.78. The van der Waals surface area contributed by atoms with E-state index in [-0.39, 0.29) is 35.0 Å². The molecule has 1 heterocycles. The molecule has 0 aliphatic rings. The van der Waals surface area contributed by atoms with E-state index in [1.54, 1.807) is 66.7 Å². The highest BCUT2D eigenvalue weighted by molar-refractivity contribution is 7.99. The standard InChI is InChI=1S/C39H48F3N7O6S2/c1-8-31(50)47-28-20-24(39(40,41)42)21-29(32(28)56-19-18-45-36(53)55-38(5,6)7)49-34(51)46-26-14-15-27-30(22-26)57-33(48-27)23-10-12-25(13-11-23)43-16-9-17-44-35(52)54-37(2,3)4/h10-15,20-22,43H,8-9,16-19H2,1-7H3,(H,44,52)(H,45,53)(H,47,50)(H2,46,49,51). The number of thiazole rings is 1. The summed E-state index contributed by atoms with van der Waals surface area (Å²) in [6.07, 6.45) is -5.20. The van der Waals surface area contributed by atoms with Gasteiger partial charge in [0.05, 0.1) is 32.1 Å². The molecule has 0 atom stereocenters. The Bertz CT molecular complexity index is 2050. The Morgan fingerprint density at radius 1 is 0.754 bits per heavy atom. The molecule has 4 rings (SSSR count). The molecule has 18 heteroatoms. The van der Waals surface area contributed by atoms with Gasteiger partial charge in [0.25, 0.3) is 0 Å². The molecular formula is C39H48F3N7O6S2. The van der Waals surface area contributed by atoms with Crippen LogP contribution >= 0.6 is 23.1 Å². The fraction of sp³-hybridized carbons (Fsp3) is 0.410. The van der Waals surface area contributed by atoms with Gasteiger partial charge in [0.2, 0.25) is 5.91 Å². The predicted molar refractivity (Wildman–Crippen MR) is 220 cm³/mol. The number of carbonyl (C=O) groups is 4. The van der Waals surface area contributed by atoms with Gasteiger partial charge in [-0.05, 0) is 103 Å². The number of nitrogens with one attached hydrogen (secondary N) is 6. The summed E-state index contributed by atoms with van der Waals surface area (Å²) in [5.41, 5.74) is 0.161. The van der Waals surface area contributed by atoms with Crippen LogP contribution in [-0.4, -0.2) is 65.7 Å². The summed E-state index contributed by atoms with van der Waals surface area (Å²) in [6, 6.07) is 13.6. The highest BCUT2D eigenvalue weighted by Gasteiger charge is 2.33. The average Bonchev–Trinajstić information content (AvgIpc) is 3.52. The van der Waals surface area contributed by atoms with Gasteiger partial charge in [-0.15, -0.1) is 23.1 Å². The van der Waals surface area contributed by atoms with Gasteiger partial charge in [0.15, 0.2) is 0 Å². The topological polar surface area (TPSA) is 172 Å². The van der Waals surface area contributed by atoms with Crippen molar-refractivity contribution in [3.63, 3.8) is 0 Å². The molecule has 0 unspecified atom stereocenters. The van der Waals surface area contributed by atoms with Crippen molar-refractivity contribution in [1.82, 2.24) is 15.6 Å². The van der Waals surface area contributed by atoms with E-state index < -0.39 is 47.1 Å².